The second kappa shape index (κ2) is 76.5. The van der Waals surface area contributed by atoms with Gasteiger partial charge in [0.1, 0.15) is 0 Å². The summed E-state index contributed by atoms with van der Waals surface area (Å²) in [6.07, 6.45) is 11.9. The third-order valence-corrected chi connectivity index (χ3v) is 2.65. The average molecular weight is 580 g/mol. The molecule has 0 saturated heterocycles. The van der Waals surface area contributed by atoms with E-state index in [1.165, 1.54) is 18.4 Å². The smallest absolute Gasteiger partial charge is 0.0951 e. The molecule has 0 aromatic heterocycles. The molecule has 0 amide bonds. The van der Waals surface area contributed by atoms with Gasteiger partial charge in [-0.1, -0.05) is 141 Å². The highest BCUT2D eigenvalue weighted by Crippen LogP contribution is 2.14. The largest absolute Gasteiger partial charge is 0.512 e. The highest BCUT2D eigenvalue weighted by molar-refractivity contribution is 9.11. The topological polar surface area (TPSA) is 40.5 Å². The molecule has 0 aliphatic rings. The molecule has 0 atom stereocenters. The number of hydrogen-bond acceptors (Lipinski definition) is 2. The lowest BCUT2D eigenvalue weighted by atomic mass is 10.0. The number of aliphatic hydroxyl groups excluding tert-OH is 2. The van der Waals surface area contributed by atoms with Crippen LogP contribution in [0.25, 0.3) is 0 Å². The molecule has 222 valence electrons. The summed E-state index contributed by atoms with van der Waals surface area (Å²) in [5, 5.41) is 16.5. The van der Waals surface area contributed by atoms with Gasteiger partial charge >= 0.3 is 0 Å². The van der Waals surface area contributed by atoms with Crippen molar-refractivity contribution in [3.05, 3.63) is 72.0 Å². The molecule has 0 unspecified atom stereocenters. The van der Waals surface area contributed by atoms with E-state index in [4.69, 9.17) is 5.11 Å². The fraction of sp³-hybridized carbons (Fsp3) is 0.636. The third kappa shape index (κ3) is 152. The molecule has 0 saturated carbocycles. The molecule has 36 heavy (non-hydrogen) atoms. The van der Waals surface area contributed by atoms with Crippen molar-refractivity contribution >= 4 is 15.9 Å². The first kappa shape index (κ1) is 59.7. The van der Waals surface area contributed by atoms with Gasteiger partial charge in [0, 0.05) is 13.5 Å². The highest BCUT2D eigenvalue weighted by atomic mass is 79.9. The van der Waals surface area contributed by atoms with Gasteiger partial charge in [-0.25, -0.2) is 0 Å². The second-order valence-electron chi connectivity index (χ2n) is 6.98. The van der Waals surface area contributed by atoms with E-state index in [1.807, 2.05) is 67.5 Å². The summed E-state index contributed by atoms with van der Waals surface area (Å²) in [6, 6.07) is 0. The van der Waals surface area contributed by atoms with Gasteiger partial charge in [-0.15, -0.1) is 19.7 Å². The Morgan fingerprint density at radius 3 is 1.22 bits per heavy atom. The summed E-state index contributed by atoms with van der Waals surface area (Å²) >= 11 is 3.22. The highest BCUT2D eigenvalue weighted by Gasteiger charge is 2.02. The number of hydrogen-bond donors (Lipinski definition) is 2. The Hall–Kier alpha value is -1.32. The predicted octanol–water partition coefficient (Wildman–Crippen LogP) is 13.2. The molecular weight excluding hydrogens is 508 g/mol. The van der Waals surface area contributed by atoms with E-state index in [1.54, 1.807) is 6.08 Å². The van der Waals surface area contributed by atoms with Crippen molar-refractivity contribution in [1.29, 1.82) is 0 Å². The van der Waals surface area contributed by atoms with E-state index >= 15 is 0 Å². The maximum atomic E-state index is 9.54. The zero-order chi connectivity index (χ0) is 31.5. The van der Waals surface area contributed by atoms with Crippen molar-refractivity contribution in [1.82, 2.24) is 0 Å². The zero-order valence-corrected chi connectivity index (χ0v) is 29.4. The van der Waals surface area contributed by atoms with E-state index < -0.39 is 0 Å². The number of aliphatic hydroxyl groups is 2. The van der Waals surface area contributed by atoms with Gasteiger partial charge in [0.15, 0.2) is 0 Å². The average Bonchev–Trinajstić information content (AvgIpc) is 2.85. The van der Waals surface area contributed by atoms with Gasteiger partial charge in [-0.05, 0) is 50.1 Å². The fourth-order valence-electron chi connectivity index (χ4n) is 1.02. The summed E-state index contributed by atoms with van der Waals surface area (Å²) in [5.41, 5.74) is 2.26. The zero-order valence-electron chi connectivity index (χ0n) is 27.8. The van der Waals surface area contributed by atoms with E-state index in [-0.39, 0.29) is 0 Å². The third-order valence-electron chi connectivity index (χ3n) is 2.38. The van der Waals surface area contributed by atoms with Gasteiger partial charge in [-0.2, -0.15) is 0 Å². The van der Waals surface area contributed by atoms with Crippen LogP contribution in [0.5, 0.6) is 0 Å². The molecule has 2 N–H and O–H groups in total. The first-order valence-corrected chi connectivity index (χ1v) is 14.3. The molecule has 2 nitrogen and oxygen atoms in total. The van der Waals surface area contributed by atoms with Gasteiger partial charge in [-0.3, -0.25) is 0 Å². The number of halogens is 1. The van der Waals surface area contributed by atoms with Crippen LogP contribution in [0.3, 0.4) is 0 Å². The monoisotopic (exact) mass is 578 g/mol. The number of allylic oxidation sites excluding steroid dienone is 7. The molecule has 0 bridgehead atoms. The Balaban J connectivity index is -0.0000000369. The van der Waals surface area contributed by atoms with Crippen LogP contribution in [0, 0.1) is 5.92 Å². The van der Waals surface area contributed by atoms with E-state index in [2.05, 4.69) is 96.8 Å². The predicted molar refractivity (Wildman–Crippen MR) is 182 cm³/mol. The molecule has 0 fully saturated rings. The lowest BCUT2D eigenvalue weighted by Crippen LogP contribution is -1.94. The second-order valence-corrected chi connectivity index (χ2v) is 8.23. The van der Waals surface area contributed by atoms with Crippen LogP contribution in [-0.2, 0) is 0 Å². The van der Waals surface area contributed by atoms with Gasteiger partial charge < -0.3 is 10.2 Å². The van der Waals surface area contributed by atoms with Crippen molar-refractivity contribution < 1.29 is 10.2 Å². The van der Waals surface area contributed by atoms with Crippen molar-refractivity contribution in [3.8, 4) is 0 Å². The first-order chi connectivity index (χ1) is 16.9. The molecule has 3 heteroatoms. The summed E-state index contributed by atoms with van der Waals surface area (Å²) < 4.78 is 1.11. The SMILES string of the molecule is C=C.C=C(C)C.C=C/C=C(\C)Br.CC.CC.CC/C=C\C/C(O)=C(\C)C(C)C.CCC.CCC.CO. The minimum atomic E-state index is 0.444. The van der Waals surface area contributed by atoms with Crippen LogP contribution in [0.15, 0.2) is 72.0 Å². The summed E-state index contributed by atoms with van der Waals surface area (Å²) in [7, 11) is 1.00. The standard InChI is InChI=1S/C11H20O.C5H7Br.C4H8.2C3H8.2C2H6.C2H4.CH4O/c1-5-6-7-8-11(12)10(4)9(2)3;1-3-4-5(2)6;1-4(2)3;2*1-3-2;4*1-2/h6-7,9,12H,5,8H2,1-4H3;3-4H,1H2,2H3;1H2,2-3H3;2*3H2,1-2H3;2*1-2H3;1-2H2;2H,1H3/b7-6-,11-10-;5-4+;;;;;;;. The Morgan fingerprint density at radius 2 is 1.08 bits per heavy atom. The van der Waals surface area contributed by atoms with E-state index in [0.717, 1.165) is 23.6 Å². The van der Waals surface area contributed by atoms with E-state index in [9.17, 15) is 5.11 Å². The summed E-state index contributed by atoms with van der Waals surface area (Å²) in [6.45, 7) is 43.7. The molecule has 0 aliphatic carbocycles. The molecule has 0 aliphatic heterocycles. The van der Waals surface area contributed by atoms with Crippen LogP contribution in [0.4, 0.5) is 0 Å². The molecular formula is C33H71BrO2. The van der Waals surface area contributed by atoms with Crippen LogP contribution in [0.1, 0.15) is 130 Å². The Morgan fingerprint density at radius 1 is 0.806 bits per heavy atom. The number of rotatable bonds is 5. The Kier molecular flexibility index (Phi) is 127. The van der Waals surface area contributed by atoms with E-state index in [0.29, 0.717) is 18.1 Å². The first-order valence-electron chi connectivity index (χ1n) is 13.5. The Labute approximate surface area is 240 Å². The fourth-order valence-corrected chi connectivity index (χ4v) is 1.21. The molecule has 0 aromatic rings. The Bertz CT molecular complexity index is 421. The molecule has 0 heterocycles. The van der Waals surface area contributed by atoms with Crippen LogP contribution >= 0.6 is 15.9 Å². The van der Waals surface area contributed by atoms with Gasteiger partial charge in [0.2, 0.25) is 0 Å². The van der Waals surface area contributed by atoms with Gasteiger partial charge in [0.25, 0.3) is 0 Å². The molecule has 0 radical (unpaired) electrons. The van der Waals surface area contributed by atoms with Crippen LogP contribution in [0.2, 0.25) is 0 Å². The summed E-state index contributed by atoms with van der Waals surface area (Å²) in [5.74, 6) is 0.967. The molecule has 0 spiro atoms. The maximum absolute atomic E-state index is 9.54. The van der Waals surface area contributed by atoms with Crippen LogP contribution in [-0.4, -0.2) is 17.3 Å². The quantitative estimate of drug-likeness (QED) is 0.193. The van der Waals surface area contributed by atoms with Crippen molar-refractivity contribution in [2.24, 2.45) is 5.92 Å². The summed E-state index contributed by atoms with van der Waals surface area (Å²) in [4.78, 5) is 0. The molecule has 0 aromatic carbocycles. The minimum absolute atomic E-state index is 0.444. The van der Waals surface area contributed by atoms with Gasteiger partial charge in [0.05, 0.1) is 5.76 Å². The minimum Gasteiger partial charge on any atom is -0.512 e. The van der Waals surface area contributed by atoms with Crippen molar-refractivity contribution in [2.75, 3.05) is 7.11 Å². The maximum Gasteiger partial charge on any atom is 0.0951 e. The lowest BCUT2D eigenvalue weighted by Gasteiger charge is -2.07. The lowest BCUT2D eigenvalue weighted by molar-refractivity contribution is 0.386. The normalized spacial score (nSPS) is 8.92. The van der Waals surface area contributed by atoms with Crippen molar-refractivity contribution in [3.63, 3.8) is 0 Å². The van der Waals surface area contributed by atoms with Crippen molar-refractivity contribution in [2.45, 2.75) is 130 Å². The molecule has 0 rings (SSSR count). The van der Waals surface area contributed by atoms with Crippen LogP contribution < -0.4 is 0 Å².